The van der Waals surface area contributed by atoms with Gasteiger partial charge in [0.2, 0.25) is 5.91 Å². The summed E-state index contributed by atoms with van der Waals surface area (Å²) in [6.07, 6.45) is 0.633. The van der Waals surface area contributed by atoms with Gasteiger partial charge >= 0.3 is 0 Å². The van der Waals surface area contributed by atoms with Crippen LogP contribution in [0.2, 0.25) is 0 Å². The summed E-state index contributed by atoms with van der Waals surface area (Å²) in [6.45, 7) is 1.43. The number of nitrogens with zero attached hydrogens (tertiary/aromatic N) is 1. The van der Waals surface area contributed by atoms with Gasteiger partial charge < -0.3 is 20.5 Å². The van der Waals surface area contributed by atoms with Crippen molar-refractivity contribution in [3.8, 4) is 5.75 Å². The Bertz CT molecular complexity index is 405. The van der Waals surface area contributed by atoms with Crippen molar-refractivity contribution in [3.63, 3.8) is 0 Å². The maximum absolute atomic E-state index is 11.8. The predicted octanol–water partition coefficient (Wildman–Crippen LogP) is 0.631. The molecule has 1 aromatic rings. The third kappa shape index (κ3) is 3.37. The van der Waals surface area contributed by atoms with Crippen LogP contribution in [0.1, 0.15) is 12.8 Å². The average Bonchev–Trinajstić information content (AvgIpc) is 2.78. The van der Waals surface area contributed by atoms with Crippen molar-refractivity contribution in [1.29, 1.82) is 0 Å². The molecule has 1 aliphatic heterocycles. The molecule has 0 aromatic heterocycles. The number of carbonyl (C=O) groups is 1. The Hall–Kier alpha value is -1.75. The minimum Gasteiger partial charge on any atom is -0.493 e. The maximum atomic E-state index is 11.8. The molecule has 5 nitrogen and oxygen atoms in total. The fourth-order valence-corrected chi connectivity index (χ4v) is 1.95. The number of amides is 1. The Morgan fingerprint density at radius 3 is 2.78 bits per heavy atom. The molecule has 0 radical (unpaired) electrons. The lowest BCUT2D eigenvalue weighted by atomic mass is 10.3. The molecular formula is C13H18N2O3. The van der Waals surface area contributed by atoms with Gasteiger partial charge in [-0.1, -0.05) is 0 Å². The number of rotatable bonds is 4. The van der Waals surface area contributed by atoms with E-state index in [2.05, 4.69) is 0 Å². The van der Waals surface area contributed by atoms with Crippen LogP contribution in [-0.2, 0) is 4.79 Å². The third-order valence-corrected chi connectivity index (χ3v) is 2.98. The molecule has 0 saturated carbocycles. The zero-order valence-corrected chi connectivity index (χ0v) is 10.2. The van der Waals surface area contributed by atoms with Crippen LogP contribution in [0, 0.1) is 0 Å². The highest BCUT2D eigenvalue weighted by molar-refractivity contribution is 5.76. The Balaban J connectivity index is 1.72. The summed E-state index contributed by atoms with van der Waals surface area (Å²) >= 11 is 0. The number of ether oxygens (including phenoxy) is 1. The molecule has 98 valence electrons. The van der Waals surface area contributed by atoms with Crippen LogP contribution < -0.4 is 10.5 Å². The number of nitrogen functional groups attached to an aromatic ring is 1. The lowest BCUT2D eigenvalue weighted by Crippen LogP contribution is -2.30. The molecule has 0 unspecified atom stereocenters. The minimum atomic E-state index is -0.369. The summed E-state index contributed by atoms with van der Waals surface area (Å²) in [4.78, 5) is 13.4. The second kappa shape index (κ2) is 5.73. The van der Waals surface area contributed by atoms with Gasteiger partial charge in [0.15, 0.2) is 0 Å². The van der Waals surface area contributed by atoms with Gasteiger partial charge in [-0.25, -0.2) is 0 Å². The van der Waals surface area contributed by atoms with E-state index in [1.165, 1.54) is 0 Å². The number of hydrogen-bond acceptors (Lipinski definition) is 4. The lowest BCUT2D eigenvalue weighted by Gasteiger charge is -2.15. The van der Waals surface area contributed by atoms with Gasteiger partial charge in [0.1, 0.15) is 5.75 Å². The molecule has 1 fully saturated rings. The van der Waals surface area contributed by atoms with Crippen molar-refractivity contribution in [1.82, 2.24) is 4.90 Å². The summed E-state index contributed by atoms with van der Waals surface area (Å²) in [5, 5.41) is 9.34. The van der Waals surface area contributed by atoms with Crippen molar-refractivity contribution in [2.75, 3.05) is 25.4 Å². The van der Waals surface area contributed by atoms with Gasteiger partial charge in [-0.2, -0.15) is 0 Å². The summed E-state index contributed by atoms with van der Waals surface area (Å²) < 4.78 is 5.45. The predicted molar refractivity (Wildman–Crippen MR) is 68.2 cm³/mol. The summed E-state index contributed by atoms with van der Waals surface area (Å²) in [6, 6.07) is 7.07. The fraction of sp³-hybridized carbons (Fsp3) is 0.462. The number of aliphatic hydroxyl groups excluding tert-OH is 1. The number of nitrogens with two attached hydrogens (primary N) is 1. The molecule has 0 spiro atoms. The van der Waals surface area contributed by atoms with E-state index in [0.29, 0.717) is 44.0 Å². The summed E-state index contributed by atoms with van der Waals surface area (Å²) in [5.41, 5.74) is 6.24. The Kier molecular flexibility index (Phi) is 4.04. The van der Waals surface area contributed by atoms with E-state index in [1.807, 2.05) is 0 Å². The molecule has 5 heteroatoms. The topological polar surface area (TPSA) is 75.8 Å². The SMILES string of the molecule is Nc1ccc(OCCC(=O)N2CC[C@@H](O)C2)cc1. The number of aliphatic hydroxyl groups is 1. The molecule has 2 rings (SSSR count). The largest absolute Gasteiger partial charge is 0.493 e. The van der Waals surface area contributed by atoms with Crippen LogP contribution >= 0.6 is 0 Å². The normalized spacial score (nSPS) is 18.9. The highest BCUT2D eigenvalue weighted by atomic mass is 16.5. The first-order valence-electron chi connectivity index (χ1n) is 6.09. The van der Waals surface area contributed by atoms with Crippen molar-refractivity contribution in [3.05, 3.63) is 24.3 Å². The zero-order chi connectivity index (χ0) is 13.0. The molecular weight excluding hydrogens is 232 g/mol. The number of likely N-dealkylation sites (tertiary alicyclic amines) is 1. The molecule has 0 aliphatic carbocycles. The van der Waals surface area contributed by atoms with Crippen molar-refractivity contribution in [2.24, 2.45) is 0 Å². The number of anilines is 1. The molecule has 1 atom stereocenters. The maximum Gasteiger partial charge on any atom is 0.226 e. The van der Waals surface area contributed by atoms with Crippen LogP contribution in [0.3, 0.4) is 0 Å². The first-order valence-corrected chi connectivity index (χ1v) is 6.09. The highest BCUT2D eigenvalue weighted by Gasteiger charge is 2.23. The lowest BCUT2D eigenvalue weighted by molar-refractivity contribution is -0.131. The molecule has 1 aliphatic rings. The number of β-amino-alcohol motifs (C(OH)–C–C–N with tert-alkyl or cyclic N) is 1. The Morgan fingerprint density at radius 2 is 2.17 bits per heavy atom. The van der Waals surface area contributed by atoms with E-state index in [0.717, 1.165) is 0 Å². The van der Waals surface area contributed by atoms with E-state index < -0.39 is 0 Å². The van der Waals surface area contributed by atoms with Crippen molar-refractivity contribution < 1.29 is 14.6 Å². The fourth-order valence-electron chi connectivity index (χ4n) is 1.95. The van der Waals surface area contributed by atoms with Gasteiger partial charge in [-0.3, -0.25) is 4.79 Å². The quantitative estimate of drug-likeness (QED) is 0.769. The van der Waals surface area contributed by atoms with Crippen LogP contribution in [0.5, 0.6) is 5.75 Å². The summed E-state index contributed by atoms with van der Waals surface area (Å²) in [5.74, 6) is 0.737. The van der Waals surface area contributed by atoms with Crippen LogP contribution in [0.25, 0.3) is 0 Å². The van der Waals surface area contributed by atoms with Crippen LogP contribution in [0.15, 0.2) is 24.3 Å². The van der Waals surface area contributed by atoms with Gasteiger partial charge in [-0.05, 0) is 30.7 Å². The highest BCUT2D eigenvalue weighted by Crippen LogP contribution is 2.14. The van der Waals surface area contributed by atoms with Crippen LogP contribution in [-0.4, -0.2) is 41.7 Å². The number of hydrogen-bond donors (Lipinski definition) is 2. The van der Waals surface area contributed by atoms with Gasteiger partial charge in [0.05, 0.1) is 19.1 Å². The first-order chi connectivity index (χ1) is 8.65. The van der Waals surface area contributed by atoms with Gasteiger partial charge in [0.25, 0.3) is 0 Å². The van der Waals surface area contributed by atoms with Gasteiger partial charge in [-0.15, -0.1) is 0 Å². The second-order valence-corrected chi connectivity index (χ2v) is 4.45. The van der Waals surface area contributed by atoms with E-state index in [1.54, 1.807) is 29.2 Å². The monoisotopic (exact) mass is 250 g/mol. The zero-order valence-electron chi connectivity index (χ0n) is 10.2. The van der Waals surface area contributed by atoms with E-state index >= 15 is 0 Å². The molecule has 3 N–H and O–H groups in total. The average molecular weight is 250 g/mol. The van der Waals surface area contributed by atoms with Crippen molar-refractivity contribution in [2.45, 2.75) is 18.9 Å². The molecule has 1 heterocycles. The van der Waals surface area contributed by atoms with E-state index in [4.69, 9.17) is 10.5 Å². The van der Waals surface area contributed by atoms with Crippen LogP contribution in [0.4, 0.5) is 5.69 Å². The standard InChI is InChI=1S/C13H18N2O3/c14-10-1-3-12(4-2-10)18-8-6-13(17)15-7-5-11(16)9-15/h1-4,11,16H,5-9,14H2/t11-/m1/s1. The first kappa shape index (κ1) is 12.7. The molecule has 18 heavy (non-hydrogen) atoms. The van der Waals surface area contributed by atoms with E-state index in [9.17, 15) is 9.90 Å². The van der Waals surface area contributed by atoms with Gasteiger partial charge in [0, 0.05) is 18.8 Å². The molecule has 0 bridgehead atoms. The Morgan fingerprint density at radius 1 is 1.44 bits per heavy atom. The number of benzene rings is 1. The minimum absolute atomic E-state index is 0.0296. The van der Waals surface area contributed by atoms with E-state index in [-0.39, 0.29) is 12.0 Å². The van der Waals surface area contributed by atoms with Crippen molar-refractivity contribution >= 4 is 11.6 Å². The number of carbonyl (C=O) groups excluding carboxylic acids is 1. The molecule has 1 amide bonds. The summed E-state index contributed by atoms with van der Waals surface area (Å²) in [7, 11) is 0. The Labute approximate surface area is 106 Å². The second-order valence-electron chi connectivity index (χ2n) is 4.45. The third-order valence-electron chi connectivity index (χ3n) is 2.98. The molecule has 1 aromatic carbocycles. The smallest absolute Gasteiger partial charge is 0.226 e. The molecule has 1 saturated heterocycles.